The summed E-state index contributed by atoms with van der Waals surface area (Å²) in [5, 5.41) is 0.606. The Balaban J connectivity index is 2.33. The van der Waals surface area contributed by atoms with E-state index in [9.17, 15) is 4.79 Å². The maximum Gasteiger partial charge on any atom is 0.268 e. The standard InChI is InChI=1S/C9H8ClN3O/c10-6-2-1-3-7(4-6)13-5-8(14)12-9(13)11/h1-4H,5H2,(H2,11,12,14). The highest BCUT2D eigenvalue weighted by atomic mass is 35.5. The largest absolute Gasteiger partial charge is 0.369 e. The highest BCUT2D eigenvalue weighted by Crippen LogP contribution is 2.20. The maximum absolute atomic E-state index is 11.0. The zero-order valence-electron chi connectivity index (χ0n) is 7.27. The zero-order chi connectivity index (χ0) is 10.1. The third-order valence-corrected chi connectivity index (χ3v) is 2.16. The molecule has 1 amide bonds. The van der Waals surface area contributed by atoms with Crippen LogP contribution in [0.3, 0.4) is 0 Å². The van der Waals surface area contributed by atoms with Gasteiger partial charge in [0.25, 0.3) is 5.91 Å². The fourth-order valence-electron chi connectivity index (χ4n) is 1.31. The fourth-order valence-corrected chi connectivity index (χ4v) is 1.49. The van der Waals surface area contributed by atoms with Crippen LogP contribution in [0.25, 0.3) is 0 Å². The van der Waals surface area contributed by atoms with Gasteiger partial charge in [0.1, 0.15) is 6.54 Å². The highest BCUT2D eigenvalue weighted by molar-refractivity contribution is 6.31. The summed E-state index contributed by atoms with van der Waals surface area (Å²) in [7, 11) is 0. The van der Waals surface area contributed by atoms with Crippen molar-refractivity contribution >= 4 is 29.2 Å². The molecule has 5 heteroatoms. The summed E-state index contributed by atoms with van der Waals surface area (Å²) in [6.45, 7) is 0.187. The number of hydrogen-bond donors (Lipinski definition) is 1. The van der Waals surface area contributed by atoms with Crippen molar-refractivity contribution in [1.82, 2.24) is 0 Å². The molecular formula is C9H8ClN3O. The summed E-state index contributed by atoms with van der Waals surface area (Å²) in [5.74, 6) is -0.0141. The maximum atomic E-state index is 11.0. The Morgan fingerprint density at radius 1 is 1.50 bits per heavy atom. The average Bonchev–Trinajstić information content (AvgIpc) is 2.45. The van der Waals surface area contributed by atoms with Gasteiger partial charge in [0.2, 0.25) is 5.96 Å². The third-order valence-electron chi connectivity index (χ3n) is 1.93. The number of carbonyl (C=O) groups is 1. The first-order chi connectivity index (χ1) is 6.66. The monoisotopic (exact) mass is 209 g/mol. The lowest BCUT2D eigenvalue weighted by Crippen LogP contribution is -2.33. The summed E-state index contributed by atoms with van der Waals surface area (Å²) < 4.78 is 0. The fraction of sp³-hybridized carbons (Fsp3) is 0.111. The molecule has 72 valence electrons. The molecule has 0 aliphatic carbocycles. The number of halogens is 1. The quantitative estimate of drug-likeness (QED) is 0.751. The summed E-state index contributed by atoms with van der Waals surface area (Å²) in [4.78, 5) is 16.2. The van der Waals surface area contributed by atoms with Crippen LogP contribution in [0, 0.1) is 0 Å². The minimum Gasteiger partial charge on any atom is -0.369 e. The number of nitrogens with two attached hydrogens (primary N) is 1. The van der Waals surface area contributed by atoms with Crippen molar-refractivity contribution in [3.8, 4) is 0 Å². The summed E-state index contributed by atoms with van der Waals surface area (Å²) in [5.41, 5.74) is 6.35. The third kappa shape index (κ3) is 1.56. The van der Waals surface area contributed by atoms with Crippen LogP contribution in [0.4, 0.5) is 5.69 Å². The molecule has 2 N–H and O–H groups in total. The lowest BCUT2D eigenvalue weighted by molar-refractivity contribution is -0.115. The van der Waals surface area contributed by atoms with E-state index in [4.69, 9.17) is 17.3 Å². The van der Waals surface area contributed by atoms with Crippen molar-refractivity contribution < 1.29 is 4.79 Å². The normalized spacial score (nSPS) is 15.9. The van der Waals surface area contributed by atoms with Gasteiger partial charge in [-0.3, -0.25) is 4.79 Å². The smallest absolute Gasteiger partial charge is 0.268 e. The number of guanidine groups is 1. The summed E-state index contributed by atoms with van der Waals surface area (Å²) in [6, 6.07) is 7.12. The van der Waals surface area contributed by atoms with Gasteiger partial charge in [0.05, 0.1) is 0 Å². The molecule has 0 bridgehead atoms. The van der Waals surface area contributed by atoms with Crippen LogP contribution < -0.4 is 10.6 Å². The van der Waals surface area contributed by atoms with Gasteiger partial charge < -0.3 is 10.6 Å². The number of carbonyl (C=O) groups excluding carboxylic acids is 1. The molecular weight excluding hydrogens is 202 g/mol. The molecule has 0 saturated heterocycles. The number of benzene rings is 1. The van der Waals surface area contributed by atoms with E-state index in [0.29, 0.717) is 5.02 Å². The molecule has 1 aromatic rings. The van der Waals surface area contributed by atoms with Gasteiger partial charge in [-0.05, 0) is 18.2 Å². The number of aliphatic imine (C=N–C) groups is 1. The van der Waals surface area contributed by atoms with E-state index < -0.39 is 0 Å². The van der Waals surface area contributed by atoms with Crippen molar-refractivity contribution in [3.63, 3.8) is 0 Å². The minimum absolute atomic E-state index is 0.187. The van der Waals surface area contributed by atoms with Gasteiger partial charge in [-0.25, -0.2) is 0 Å². The second-order valence-corrected chi connectivity index (χ2v) is 3.37. The van der Waals surface area contributed by atoms with Gasteiger partial charge in [-0.15, -0.1) is 0 Å². The molecule has 1 aliphatic rings. The second kappa shape index (κ2) is 3.31. The van der Waals surface area contributed by atoms with E-state index in [1.807, 2.05) is 6.07 Å². The molecule has 14 heavy (non-hydrogen) atoms. The van der Waals surface area contributed by atoms with E-state index >= 15 is 0 Å². The Morgan fingerprint density at radius 2 is 2.29 bits per heavy atom. The topological polar surface area (TPSA) is 58.7 Å². The Morgan fingerprint density at radius 3 is 2.86 bits per heavy atom. The molecule has 0 unspecified atom stereocenters. The van der Waals surface area contributed by atoms with Crippen LogP contribution in [-0.4, -0.2) is 18.4 Å². The second-order valence-electron chi connectivity index (χ2n) is 2.93. The number of hydrogen-bond acceptors (Lipinski definition) is 3. The zero-order valence-corrected chi connectivity index (χ0v) is 8.03. The van der Waals surface area contributed by atoms with E-state index in [1.54, 1.807) is 23.1 Å². The number of anilines is 1. The van der Waals surface area contributed by atoms with Gasteiger partial charge >= 0.3 is 0 Å². The Hall–Kier alpha value is -1.55. The molecule has 0 spiro atoms. The molecule has 0 radical (unpaired) electrons. The van der Waals surface area contributed by atoms with Crippen LogP contribution >= 0.6 is 11.6 Å². The SMILES string of the molecule is NC1=NC(=O)CN1c1cccc(Cl)c1. The molecule has 4 nitrogen and oxygen atoms in total. The molecule has 1 heterocycles. The van der Waals surface area contributed by atoms with Gasteiger partial charge in [-0.2, -0.15) is 4.99 Å². The van der Waals surface area contributed by atoms with Crippen LogP contribution in [0.1, 0.15) is 0 Å². The average molecular weight is 210 g/mol. The van der Waals surface area contributed by atoms with Gasteiger partial charge in [-0.1, -0.05) is 17.7 Å². The predicted molar refractivity (Wildman–Crippen MR) is 55.4 cm³/mol. The van der Waals surface area contributed by atoms with E-state index in [0.717, 1.165) is 5.69 Å². The summed E-state index contributed by atoms with van der Waals surface area (Å²) in [6.07, 6.45) is 0. The molecule has 0 atom stereocenters. The van der Waals surface area contributed by atoms with Crippen molar-refractivity contribution in [2.24, 2.45) is 10.7 Å². The number of rotatable bonds is 1. The Kier molecular flexibility index (Phi) is 2.13. The van der Waals surface area contributed by atoms with E-state index in [2.05, 4.69) is 4.99 Å². The molecule has 0 aromatic heterocycles. The molecule has 0 saturated carbocycles. The number of nitrogens with zero attached hydrogens (tertiary/aromatic N) is 2. The predicted octanol–water partition coefficient (Wildman–Crippen LogP) is 1.00. The van der Waals surface area contributed by atoms with Crippen LogP contribution in [-0.2, 0) is 4.79 Å². The van der Waals surface area contributed by atoms with Crippen LogP contribution in [0.15, 0.2) is 29.3 Å². The Labute approximate surface area is 86.0 Å². The highest BCUT2D eigenvalue weighted by Gasteiger charge is 2.21. The first-order valence-corrected chi connectivity index (χ1v) is 4.45. The molecule has 0 fully saturated rings. The summed E-state index contributed by atoms with van der Waals surface area (Å²) >= 11 is 5.82. The molecule has 2 rings (SSSR count). The molecule has 1 aliphatic heterocycles. The van der Waals surface area contributed by atoms with Crippen molar-refractivity contribution in [2.75, 3.05) is 11.4 Å². The Bertz CT molecular complexity index is 416. The van der Waals surface area contributed by atoms with Crippen LogP contribution in [0.2, 0.25) is 5.02 Å². The minimum atomic E-state index is -0.234. The van der Waals surface area contributed by atoms with E-state index in [-0.39, 0.29) is 18.4 Å². The van der Waals surface area contributed by atoms with Crippen LogP contribution in [0.5, 0.6) is 0 Å². The number of amides is 1. The lowest BCUT2D eigenvalue weighted by atomic mass is 10.3. The first kappa shape index (κ1) is 9.02. The van der Waals surface area contributed by atoms with Crippen molar-refractivity contribution in [3.05, 3.63) is 29.3 Å². The van der Waals surface area contributed by atoms with Gasteiger partial charge in [0.15, 0.2) is 0 Å². The van der Waals surface area contributed by atoms with Gasteiger partial charge in [0, 0.05) is 10.7 Å². The van der Waals surface area contributed by atoms with Crippen molar-refractivity contribution in [2.45, 2.75) is 0 Å². The van der Waals surface area contributed by atoms with E-state index in [1.165, 1.54) is 0 Å². The van der Waals surface area contributed by atoms with Crippen molar-refractivity contribution in [1.29, 1.82) is 0 Å². The lowest BCUT2D eigenvalue weighted by Gasteiger charge is -2.16. The molecule has 1 aromatic carbocycles. The first-order valence-electron chi connectivity index (χ1n) is 4.07.